The summed E-state index contributed by atoms with van der Waals surface area (Å²) >= 11 is 0. The minimum absolute atomic E-state index is 0.247. The monoisotopic (exact) mass is 470 g/mol. The third-order valence-electron chi connectivity index (χ3n) is 8.56. The Morgan fingerprint density at radius 3 is 2.30 bits per heavy atom. The van der Waals surface area contributed by atoms with Crippen molar-refractivity contribution in [3.8, 4) is 0 Å². The zero-order valence-electron chi connectivity index (χ0n) is 18.9. The summed E-state index contributed by atoms with van der Waals surface area (Å²) in [7, 11) is -3.38. The second-order valence-electron chi connectivity index (χ2n) is 10.7. The topological polar surface area (TPSA) is 69.6 Å². The Bertz CT molecular complexity index is 1170. The average Bonchev–Trinajstić information content (AvgIpc) is 3.64. The number of sulfonamides is 1. The molecule has 0 bridgehead atoms. The molecule has 0 amide bonds. The highest BCUT2D eigenvalue weighted by Crippen LogP contribution is 2.66. The smallest absolute Gasteiger partial charge is 0.235 e. The third kappa shape index (κ3) is 3.51. The number of nitrogens with one attached hydrogen (secondary N) is 1. The molecule has 3 aliphatic carbocycles. The lowest BCUT2D eigenvalue weighted by Crippen LogP contribution is -2.45. The fourth-order valence-electron chi connectivity index (χ4n) is 6.83. The van der Waals surface area contributed by atoms with E-state index in [-0.39, 0.29) is 16.5 Å². The van der Waals surface area contributed by atoms with Crippen LogP contribution in [0.5, 0.6) is 0 Å². The average molecular weight is 471 g/mol. The number of likely N-dealkylation sites (tertiary alicyclic amines) is 1. The second kappa shape index (κ2) is 7.27. The molecule has 4 aliphatic rings. The van der Waals surface area contributed by atoms with E-state index >= 15 is 4.39 Å². The molecule has 0 spiro atoms. The standard InChI is InChI=1S/C26H31FN2O3S/c1-2-26(21-11-19(7-10-24(21)27)28-33(31,32)20-8-9-20)22-14-29(15-23(22)26)16-25(30)12-17-5-3-4-6-18(17)13-25/h3-7,10-11,20,22-23,28,30H,2,8-9,12-16H2,1H3/t22-,23+,26+. The molecule has 1 aliphatic heterocycles. The van der Waals surface area contributed by atoms with E-state index in [9.17, 15) is 13.5 Å². The van der Waals surface area contributed by atoms with Crippen LogP contribution >= 0.6 is 0 Å². The largest absolute Gasteiger partial charge is 0.388 e. The Labute approximate surface area is 195 Å². The zero-order valence-corrected chi connectivity index (χ0v) is 19.7. The maximum absolute atomic E-state index is 15.0. The van der Waals surface area contributed by atoms with Gasteiger partial charge in [0.1, 0.15) is 5.82 Å². The van der Waals surface area contributed by atoms with E-state index < -0.39 is 15.6 Å². The van der Waals surface area contributed by atoms with E-state index in [0.29, 0.717) is 55.3 Å². The number of β-amino-alcohol motifs (C(OH)–C–C–N with tert-alkyl or cyclic N) is 1. The van der Waals surface area contributed by atoms with Crippen molar-refractivity contribution < 1.29 is 17.9 Å². The first-order chi connectivity index (χ1) is 15.7. The molecule has 7 heteroatoms. The number of hydrogen-bond acceptors (Lipinski definition) is 4. The minimum atomic E-state index is -3.38. The van der Waals surface area contributed by atoms with E-state index in [4.69, 9.17) is 0 Å². The molecule has 0 radical (unpaired) electrons. The van der Waals surface area contributed by atoms with Crippen molar-refractivity contribution in [3.63, 3.8) is 0 Å². The molecule has 2 aromatic rings. The fourth-order valence-corrected chi connectivity index (χ4v) is 8.21. The van der Waals surface area contributed by atoms with Crippen LogP contribution in [0.25, 0.3) is 0 Å². The number of halogens is 1. The molecule has 6 rings (SSSR count). The van der Waals surface area contributed by atoms with Gasteiger partial charge in [-0.3, -0.25) is 9.62 Å². The molecule has 2 N–H and O–H groups in total. The van der Waals surface area contributed by atoms with E-state index in [0.717, 1.165) is 19.5 Å². The predicted octanol–water partition coefficient (Wildman–Crippen LogP) is 3.47. The number of nitrogens with zero attached hydrogens (tertiary/aromatic N) is 1. The third-order valence-corrected chi connectivity index (χ3v) is 10.4. The number of rotatable bonds is 7. The van der Waals surface area contributed by atoms with Gasteiger partial charge in [0.25, 0.3) is 0 Å². The summed E-state index contributed by atoms with van der Waals surface area (Å²) in [5.74, 6) is 0.413. The summed E-state index contributed by atoms with van der Waals surface area (Å²) in [6.07, 6.45) is 3.58. The van der Waals surface area contributed by atoms with Crippen LogP contribution in [-0.4, -0.2) is 48.9 Å². The first kappa shape index (κ1) is 21.6. The summed E-state index contributed by atoms with van der Waals surface area (Å²) in [6.45, 7) is 4.42. The van der Waals surface area contributed by atoms with Crippen LogP contribution in [0.2, 0.25) is 0 Å². The molecular weight excluding hydrogens is 439 g/mol. The van der Waals surface area contributed by atoms with Gasteiger partial charge in [0.15, 0.2) is 0 Å². The Balaban J connectivity index is 1.17. The van der Waals surface area contributed by atoms with Crippen LogP contribution in [0.4, 0.5) is 10.1 Å². The lowest BCUT2D eigenvalue weighted by atomic mass is 9.86. The Morgan fingerprint density at radius 2 is 1.73 bits per heavy atom. The van der Waals surface area contributed by atoms with Gasteiger partial charge >= 0.3 is 0 Å². The first-order valence-electron chi connectivity index (χ1n) is 12.1. The number of anilines is 1. The zero-order chi connectivity index (χ0) is 23.0. The van der Waals surface area contributed by atoms with Gasteiger partial charge in [-0.05, 0) is 66.0 Å². The van der Waals surface area contributed by atoms with Crippen molar-refractivity contribution >= 4 is 15.7 Å². The van der Waals surface area contributed by atoms with Crippen LogP contribution in [0.1, 0.15) is 42.9 Å². The number of fused-ring (bicyclic) bond motifs is 2. The molecule has 1 heterocycles. The van der Waals surface area contributed by atoms with Gasteiger partial charge in [0.05, 0.1) is 10.9 Å². The molecule has 3 fully saturated rings. The van der Waals surface area contributed by atoms with Crippen molar-refractivity contribution in [3.05, 3.63) is 65.0 Å². The van der Waals surface area contributed by atoms with Crippen molar-refractivity contribution in [2.24, 2.45) is 11.8 Å². The highest BCUT2D eigenvalue weighted by Gasteiger charge is 2.68. The maximum atomic E-state index is 15.0. The van der Waals surface area contributed by atoms with E-state index in [1.807, 2.05) is 12.1 Å². The predicted molar refractivity (Wildman–Crippen MR) is 126 cm³/mol. The number of piperidine rings is 1. The summed E-state index contributed by atoms with van der Waals surface area (Å²) in [5.41, 5.74) is 2.60. The Morgan fingerprint density at radius 1 is 1.09 bits per heavy atom. The summed E-state index contributed by atoms with van der Waals surface area (Å²) < 4.78 is 42.4. The fraction of sp³-hybridized carbons (Fsp3) is 0.538. The molecule has 0 aromatic heterocycles. The quantitative estimate of drug-likeness (QED) is 0.650. The Kier molecular flexibility index (Phi) is 4.75. The number of aliphatic hydroxyl groups is 1. The van der Waals surface area contributed by atoms with Crippen molar-refractivity contribution in [2.75, 3.05) is 24.4 Å². The lowest BCUT2D eigenvalue weighted by molar-refractivity contribution is 0.0138. The van der Waals surface area contributed by atoms with Crippen molar-refractivity contribution in [1.82, 2.24) is 4.90 Å². The SMILES string of the molecule is CC[C@]1(c2cc(NS(=O)(=O)C3CC3)ccc2F)[C@@H]2CN(CC3(O)Cc4ccccc4C3)C[C@@H]21. The van der Waals surface area contributed by atoms with Crippen LogP contribution in [-0.2, 0) is 28.3 Å². The van der Waals surface area contributed by atoms with Crippen molar-refractivity contribution in [2.45, 2.75) is 55.3 Å². The van der Waals surface area contributed by atoms with Crippen LogP contribution < -0.4 is 4.72 Å². The normalized spacial score (nSPS) is 30.2. The first-order valence-corrected chi connectivity index (χ1v) is 13.6. The Hall–Kier alpha value is -1.96. The highest BCUT2D eigenvalue weighted by molar-refractivity contribution is 7.93. The van der Waals surface area contributed by atoms with E-state index in [1.54, 1.807) is 6.07 Å². The van der Waals surface area contributed by atoms with E-state index in [1.165, 1.54) is 23.3 Å². The number of hydrogen-bond donors (Lipinski definition) is 2. The van der Waals surface area contributed by atoms with Crippen LogP contribution in [0.3, 0.4) is 0 Å². The lowest BCUT2D eigenvalue weighted by Gasteiger charge is -2.32. The number of benzene rings is 2. The maximum Gasteiger partial charge on any atom is 0.235 e. The highest BCUT2D eigenvalue weighted by atomic mass is 32.2. The molecule has 0 unspecified atom stereocenters. The van der Waals surface area contributed by atoms with Gasteiger partial charge in [0, 0.05) is 43.6 Å². The molecular formula is C26H31FN2O3S. The van der Waals surface area contributed by atoms with Crippen LogP contribution in [0, 0.1) is 17.7 Å². The summed E-state index contributed by atoms with van der Waals surface area (Å²) in [5, 5.41) is 10.9. The van der Waals surface area contributed by atoms with Gasteiger partial charge < -0.3 is 5.11 Å². The van der Waals surface area contributed by atoms with Crippen LogP contribution in [0.15, 0.2) is 42.5 Å². The van der Waals surface area contributed by atoms with E-state index in [2.05, 4.69) is 28.7 Å². The molecule has 3 atom stereocenters. The summed E-state index contributed by atoms with van der Waals surface area (Å²) in [4.78, 5) is 2.34. The van der Waals surface area contributed by atoms with Crippen molar-refractivity contribution in [1.29, 1.82) is 0 Å². The molecule has 176 valence electrons. The second-order valence-corrected chi connectivity index (χ2v) is 12.6. The molecule has 33 heavy (non-hydrogen) atoms. The molecule has 2 aromatic carbocycles. The van der Waals surface area contributed by atoms with Gasteiger partial charge in [-0.25, -0.2) is 12.8 Å². The van der Waals surface area contributed by atoms with Gasteiger partial charge in [-0.15, -0.1) is 0 Å². The molecule has 5 nitrogen and oxygen atoms in total. The summed E-state index contributed by atoms with van der Waals surface area (Å²) in [6, 6.07) is 12.9. The van der Waals surface area contributed by atoms with Gasteiger partial charge in [-0.2, -0.15) is 0 Å². The molecule has 1 saturated heterocycles. The minimum Gasteiger partial charge on any atom is -0.388 e. The van der Waals surface area contributed by atoms with Gasteiger partial charge in [0.2, 0.25) is 10.0 Å². The van der Waals surface area contributed by atoms with Gasteiger partial charge in [-0.1, -0.05) is 31.2 Å². The molecule has 2 saturated carbocycles.